The van der Waals surface area contributed by atoms with E-state index in [1.54, 1.807) is 11.3 Å². The molecule has 3 unspecified atom stereocenters. The third-order valence-electron chi connectivity index (χ3n) is 4.05. The number of hydrogen-bond acceptors (Lipinski definition) is 3. The number of hydrogen-bond donors (Lipinski definition) is 1. The third kappa shape index (κ3) is 3.86. The molecule has 1 aromatic rings. The van der Waals surface area contributed by atoms with Crippen LogP contribution in [0.3, 0.4) is 0 Å². The highest BCUT2D eigenvalue weighted by Crippen LogP contribution is 2.26. The van der Waals surface area contributed by atoms with E-state index in [1.807, 2.05) is 37.8 Å². The highest BCUT2D eigenvalue weighted by molar-refractivity contribution is 9.11. The first-order valence-corrected chi connectivity index (χ1v) is 8.87. The Morgan fingerprint density at radius 2 is 2.19 bits per heavy atom. The largest absolute Gasteiger partial charge is 0.344 e. The van der Waals surface area contributed by atoms with Crippen LogP contribution in [0.4, 0.5) is 0 Å². The van der Waals surface area contributed by atoms with Crippen molar-refractivity contribution in [1.82, 2.24) is 10.2 Å². The first-order valence-electron chi connectivity index (χ1n) is 7.26. The van der Waals surface area contributed by atoms with Crippen molar-refractivity contribution in [3.05, 3.63) is 20.8 Å². The maximum atomic E-state index is 12.8. The minimum absolute atomic E-state index is 0.0315. The molecule has 1 fully saturated rings. The minimum Gasteiger partial charge on any atom is -0.344 e. The Morgan fingerprint density at radius 3 is 2.76 bits per heavy atom. The minimum atomic E-state index is -0.407. The molecule has 0 bridgehead atoms. The van der Waals surface area contributed by atoms with Gasteiger partial charge in [0, 0.05) is 17.3 Å². The number of amides is 2. The van der Waals surface area contributed by atoms with Gasteiger partial charge in [0.2, 0.25) is 11.8 Å². The molecule has 6 heteroatoms. The van der Waals surface area contributed by atoms with E-state index >= 15 is 0 Å². The lowest BCUT2D eigenvalue weighted by molar-refractivity contribution is -0.136. The molecule has 1 aliphatic rings. The smallest absolute Gasteiger partial charge is 0.246 e. The van der Waals surface area contributed by atoms with E-state index in [0.717, 1.165) is 15.1 Å². The first-order chi connectivity index (χ1) is 9.92. The van der Waals surface area contributed by atoms with E-state index in [-0.39, 0.29) is 23.8 Å². The molecule has 1 N–H and O–H groups in total. The Hall–Kier alpha value is -0.880. The molecule has 2 rings (SSSR count). The molecule has 1 aromatic heterocycles. The molecule has 0 saturated carbocycles. The van der Waals surface area contributed by atoms with Gasteiger partial charge >= 0.3 is 0 Å². The summed E-state index contributed by atoms with van der Waals surface area (Å²) in [7, 11) is 0. The zero-order valence-electron chi connectivity index (χ0n) is 12.6. The zero-order valence-corrected chi connectivity index (χ0v) is 15.0. The average Bonchev–Trinajstić information content (AvgIpc) is 2.81. The Labute approximate surface area is 138 Å². The van der Waals surface area contributed by atoms with Gasteiger partial charge in [0.1, 0.15) is 6.04 Å². The van der Waals surface area contributed by atoms with Gasteiger partial charge in [0.05, 0.1) is 10.3 Å². The molecule has 1 aliphatic heterocycles. The second kappa shape index (κ2) is 6.92. The lowest BCUT2D eigenvalue weighted by Crippen LogP contribution is -2.49. The van der Waals surface area contributed by atoms with Gasteiger partial charge in [0.25, 0.3) is 0 Å². The van der Waals surface area contributed by atoms with Gasteiger partial charge < -0.3 is 10.2 Å². The Balaban J connectivity index is 2.23. The van der Waals surface area contributed by atoms with Crippen molar-refractivity contribution in [3.63, 3.8) is 0 Å². The van der Waals surface area contributed by atoms with Crippen molar-refractivity contribution in [1.29, 1.82) is 0 Å². The maximum Gasteiger partial charge on any atom is 0.246 e. The average molecular weight is 373 g/mol. The van der Waals surface area contributed by atoms with Crippen molar-refractivity contribution in [3.8, 4) is 0 Å². The van der Waals surface area contributed by atoms with E-state index in [9.17, 15) is 9.59 Å². The molecule has 1 saturated heterocycles. The van der Waals surface area contributed by atoms with E-state index in [1.165, 1.54) is 0 Å². The number of halogens is 1. The number of nitrogens with one attached hydrogen (secondary N) is 1. The second-order valence-corrected chi connectivity index (χ2v) is 8.20. The van der Waals surface area contributed by atoms with Crippen LogP contribution in [-0.2, 0) is 16.1 Å². The number of rotatable bonds is 4. The molecule has 21 heavy (non-hydrogen) atoms. The Morgan fingerprint density at radius 1 is 1.48 bits per heavy atom. The van der Waals surface area contributed by atoms with Crippen LogP contribution in [0.15, 0.2) is 15.9 Å². The Bertz CT molecular complexity index is 531. The summed E-state index contributed by atoms with van der Waals surface area (Å²) in [5.41, 5.74) is 0. The molecule has 0 aliphatic carbocycles. The fraction of sp³-hybridized carbons (Fsp3) is 0.600. The molecule has 3 atom stereocenters. The number of nitrogens with zero attached hydrogens (tertiary/aromatic N) is 1. The standard InChI is InChI=1S/C15H21BrN2O2S/c1-4-9(2)14-15(20)18(10(3)7-13(19)17-14)8-11-5-6-12(16)21-11/h5-6,9-10,14H,4,7-8H2,1-3H3,(H,17,19). The van der Waals surface area contributed by atoms with Crippen LogP contribution in [0.2, 0.25) is 0 Å². The highest BCUT2D eigenvalue weighted by Gasteiger charge is 2.36. The summed E-state index contributed by atoms with van der Waals surface area (Å²) in [6.07, 6.45) is 1.23. The number of carbonyl (C=O) groups is 2. The molecule has 0 aromatic carbocycles. The van der Waals surface area contributed by atoms with E-state index in [0.29, 0.717) is 13.0 Å². The van der Waals surface area contributed by atoms with E-state index < -0.39 is 6.04 Å². The topological polar surface area (TPSA) is 49.4 Å². The van der Waals surface area contributed by atoms with Crippen LogP contribution in [0.25, 0.3) is 0 Å². The zero-order chi connectivity index (χ0) is 15.6. The predicted molar refractivity (Wildman–Crippen MR) is 88.0 cm³/mol. The van der Waals surface area contributed by atoms with Crippen LogP contribution in [0.1, 0.15) is 38.5 Å². The normalized spacial score (nSPS) is 24.7. The van der Waals surface area contributed by atoms with Gasteiger partial charge in [-0.15, -0.1) is 11.3 Å². The van der Waals surface area contributed by atoms with Gasteiger partial charge in [-0.2, -0.15) is 0 Å². The van der Waals surface area contributed by atoms with Crippen LogP contribution in [0, 0.1) is 5.92 Å². The molecule has 0 spiro atoms. The van der Waals surface area contributed by atoms with Crippen LogP contribution in [-0.4, -0.2) is 28.8 Å². The van der Waals surface area contributed by atoms with Gasteiger partial charge in [-0.05, 0) is 40.9 Å². The van der Waals surface area contributed by atoms with E-state index in [4.69, 9.17) is 0 Å². The summed E-state index contributed by atoms with van der Waals surface area (Å²) in [5, 5.41) is 2.89. The summed E-state index contributed by atoms with van der Waals surface area (Å²) < 4.78 is 1.06. The molecule has 2 amide bonds. The van der Waals surface area contributed by atoms with Crippen LogP contribution >= 0.6 is 27.3 Å². The third-order valence-corrected chi connectivity index (χ3v) is 5.65. The van der Waals surface area contributed by atoms with Gasteiger partial charge in [0.15, 0.2) is 0 Å². The number of carbonyl (C=O) groups excluding carboxylic acids is 2. The lowest BCUT2D eigenvalue weighted by atomic mass is 9.98. The monoisotopic (exact) mass is 372 g/mol. The summed E-state index contributed by atoms with van der Waals surface area (Å²) >= 11 is 5.07. The number of thiophene rings is 1. The summed E-state index contributed by atoms with van der Waals surface area (Å²) in [5.74, 6) is 0.146. The fourth-order valence-electron chi connectivity index (χ4n) is 2.53. The summed E-state index contributed by atoms with van der Waals surface area (Å²) in [6, 6.07) is 3.53. The maximum absolute atomic E-state index is 12.8. The van der Waals surface area contributed by atoms with Gasteiger partial charge in [-0.25, -0.2) is 0 Å². The van der Waals surface area contributed by atoms with Crippen molar-refractivity contribution < 1.29 is 9.59 Å². The van der Waals surface area contributed by atoms with Crippen molar-refractivity contribution in [2.45, 2.75) is 52.2 Å². The molecule has 4 nitrogen and oxygen atoms in total. The molecular formula is C15H21BrN2O2S. The molecule has 2 heterocycles. The molecule has 116 valence electrons. The molecule has 0 radical (unpaired) electrons. The predicted octanol–water partition coefficient (Wildman–Crippen LogP) is 3.16. The Kier molecular flexibility index (Phi) is 5.43. The SMILES string of the molecule is CCC(C)C1NC(=O)CC(C)N(Cc2ccc(Br)s2)C1=O. The molecular weight excluding hydrogens is 352 g/mol. The fourth-order valence-corrected chi connectivity index (χ4v) is 4.01. The van der Waals surface area contributed by atoms with Gasteiger partial charge in [-0.3, -0.25) is 9.59 Å². The second-order valence-electron chi connectivity index (χ2n) is 5.66. The summed E-state index contributed by atoms with van der Waals surface area (Å²) in [6.45, 7) is 6.56. The van der Waals surface area contributed by atoms with E-state index in [2.05, 4.69) is 21.2 Å². The quantitative estimate of drug-likeness (QED) is 0.882. The first kappa shape index (κ1) is 16.5. The highest BCUT2D eigenvalue weighted by atomic mass is 79.9. The van der Waals surface area contributed by atoms with Crippen LogP contribution in [0.5, 0.6) is 0 Å². The lowest BCUT2D eigenvalue weighted by Gasteiger charge is -2.30. The summed E-state index contributed by atoms with van der Waals surface area (Å²) in [4.78, 5) is 27.8. The van der Waals surface area contributed by atoms with Crippen molar-refractivity contribution in [2.24, 2.45) is 5.92 Å². The van der Waals surface area contributed by atoms with Gasteiger partial charge in [-0.1, -0.05) is 20.3 Å². The van der Waals surface area contributed by atoms with Crippen molar-refractivity contribution in [2.75, 3.05) is 0 Å². The van der Waals surface area contributed by atoms with Crippen molar-refractivity contribution >= 4 is 39.1 Å². The van der Waals surface area contributed by atoms with Crippen LogP contribution < -0.4 is 5.32 Å².